The number of carbonyl (C=O) groups is 1. The molecular weight excluding hydrogens is 334 g/mol. The van der Waals surface area contributed by atoms with Gasteiger partial charge in [0, 0.05) is 36.3 Å². The first-order chi connectivity index (χ1) is 12.6. The number of ether oxygens (including phenoxy) is 2. The van der Waals surface area contributed by atoms with Gasteiger partial charge in [0.25, 0.3) is 5.91 Å². The average molecular weight is 353 g/mol. The molecule has 3 aromatic rings. The first-order valence-electron chi connectivity index (χ1n) is 7.94. The molecule has 1 amide bonds. The Bertz CT molecular complexity index is 886. The molecule has 0 atom stereocenters. The molecule has 0 saturated carbocycles. The van der Waals surface area contributed by atoms with Gasteiger partial charge < -0.3 is 14.8 Å². The molecular formula is C18H19N5O3. The number of carbonyl (C=O) groups excluding carboxylic acids is 1. The normalized spacial score (nSPS) is 10.4. The van der Waals surface area contributed by atoms with Crippen molar-refractivity contribution in [2.45, 2.75) is 13.5 Å². The summed E-state index contributed by atoms with van der Waals surface area (Å²) in [7, 11) is 3.10. The third kappa shape index (κ3) is 3.80. The van der Waals surface area contributed by atoms with Gasteiger partial charge in [0.15, 0.2) is 5.69 Å². The van der Waals surface area contributed by atoms with Gasteiger partial charge in [0.1, 0.15) is 11.5 Å². The van der Waals surface area contributed by atoms with Crippen LogP contribution in [0.15, 0.2) is 42.7 Å². The van der Waals surface area contributed by atoms with E-state index in [1.165, 1.54) is 0 Å². The smallest absolute Gasteiger partial charge is 0.278 e. The summed E-state index contributed by atoms with van der Waals surface area (Å²) < 4.78 is 12.1. The van der Waals surface area contributed by atoms with Gasteiger partial charge in [-0.3, -0.25) is 9.78 Å². The van der Waals surface area contributed by atoms with Crippen molar-refractivity contribution in [1.82, 2.24) is 20.0 Å². The van der Waals surface area contributed by atoms with Crippen molar-refractivity contribution >= 4 is 11.6 Å². The third-order valence-electron chi connectivity index (χ3n) is 3.89. The maximum atomic E-state index is 12.6. The molecule has 3 rings (SSSR count). The predicted molar refractivity (Wildman–Crippen MR) is 95.6 cm³/mol. The summed E-state index contributed by atoms with van der Waals surface area (Å²) in [5.74, 6) is 0.814. The van der Waals surface area contributed by atoms with E-state index in [2.05, 4.69) is 20.6 Å². The molecule has 8 heteroatoms. The van der Waals surface area contributed by atoms with Crippen LogP contribution in [0, 0.1) is 6.92 Å². The van der Waals surface area contributed by atoms with E-state index in [1.54, 1.807) is 49.5 Å². The molecule has 8 nitrogen and oxygen atoms in total. The lowest BCUT2D eigenvalue weighted by Crippen LogP contribution is -2.14. The zero-order valence-electron chi connectivity index (χ0n) is 14.8. The number of methoxy groups -OCH3 is 2. The summed E-state index contributed by atoms with van der Waals surface area (Å²) >= 11 is 0. The maximum absolute atomic E-state index is 12.6. The van der Waals surface area contributed by atoms with E-state index >= 15 is 0 Å². The first kappa shape index (κ1) is 17.4. The lowest BCUT2D eigenvalue weighted by Gasteiger charge is -2.09. The minimum absolute atomic E-state index is 0.265. The predicted octanol–water partition coefficient (Wildman–Crippen LogP) is 2.30. The monoisotopic (exact) mass is 353 g/mol. The molecule has 1 N–H and O–H groups in total. The van der Waals surface area contributed by atoms with Crippen molar-refractivity contribution in [3.8, 4) is 11.5 Å². The molecule has 0 unspecified atom stereocenters. The largest absolute Gasteiger partial charge is 0.497 e. The lowest BCUT2D eigenvalue weighted by molar-refractivity contribution is 0.102. The quantitative estimate of drug-likeness (QED) is 0.731. The van der Waals surface area contributed by atoms with E-state index in [4.69, 9.17) is 9.47 Å². The van der Waals surface area contributed by atoms with Gasteiger partial charge >= 0.3 is 0 Å². The van der Waals surface area contributed by atoms with E-state index in [9.17, 15) is 4.79 Å². The standard InChI is InChI=1S/C18H19N5O3/c1-12-17(21-22-23(12)11-13-4-6-19-7-5-13)18(24)20-14-8-15(25-2)10-16(9-14)26-3/h4-10H,11H2,1-3H3,(H,20,24). The molecule has 134 valence electrons. The molecule has 0 aliphatic carbocycles. The Balaban J connectivity index is 1.79. The number of rotatable bonds is 6. The maximum Gasteiger partial charge on any atom is 0.278 e. The van der Waals surface area contributed by atoms with Gasteiger partial charge in [0.05, 0.1) is 26.5 Å². The van der Waals surface area contributed by atoms with Gasteiger partial charge in [-0.2, -0.15) is 0 Å². The molecule has 0 bridgehead atoms. The third-order valence-corrected chi connectivity index (χ3v) is 3.89. The Labute approximate surface area is 150 Å². The fourth-order valence-corrected chi connectivity index (χ4v) is 2.45. The fourth-order valence-electron chi connectivity index (χ4n) is 2.45. The molecule has 0 aliphatic rings. The van der Waals surface area contributed by atoms with Crippen molar-refractivity contribution in [2.75, 3.05) is 19.5 Å². The Morgan fingerprint density at radius 3 is 2.38 bits per heavy atom. The second-order valence-corrected chi connectivity index (χ2v) is 5.59. The van der Waals surface area contributed by atoms with Crippen LogP contribution >= 0.6 is 0 Å². The molecule has 26 heavy (non-hydrogen) atoms. The van der Waals surface area contributed by atoms with Gasteiger partial charge in [-0.05, 0) is 24.6 Å². The number of hydrogen-bond donors (Lipinski definition) is 1. The van der Waals surface area contributed by atoms with Crippen LogP contribution in [0.1, 0.15) is 21.7 Å². The van der Waals surface area contributed by atoms with Crippen LogP contribution in [0.3, 0.4) is 0 Å². The molecule has 0 saturated heterocycles. The van der Waals surface area contributed by atoms with Crippen molar-refractivity contribution in [2.24, 2.45) is 0 Å². The van der Waals surface area contributed by atoms with Crippen LogP contribution < -0.4 is 14.8 Å². The van der Waals surface area contributed by atoms with E-state index in [-0.39, 0.29) is 11.6 Å². The van der Waals surface area contributed by atoms with E-state index < -0.39 is 0 Å². The number of benzene rings is 1. The topological polar surface area (TPSA) is 91.2 Å². The summed E-state index contributed by atoms with van der Waals surface area (Å²) in [6, 6.07) is 8.92. The average Bonchev–Trinajstić information content (AvgIpc) is 3.02. The van der Waals surface area contributed by atoms with Crippen LogP contribution in [0.25, 0.3) is 0 Å². The van der Waals surface area contributed by atoms with Gasteiger partial charge in [0.2, 0.25) is 0 Å². The second-order valence-electron chi connectivity index (χ2n) is 5.59. The zero-order chi connectivity index (χ0) is 18.5. The first-order valence-corrected chi connectivity index (χ1v) is 7.94. The fraction of sp³-hybridized carbons (Fsp3) is 0.222. The van der Waals surface area contributed by atoms with E-state index in [1.807, 2.05) is 19.1 Å². The summed E-state index contributed by atoms with van der Waals surface area (Å²) in [4.78, 5) is 16.6. The highest BCUT2D eigenvalue weighted by molar-refractivity contribution is 6.03. The molecule has 0 fully saturated rings. The molecule has 2 aromatic heterocycles. The van der Waals surface area contributed by atoms with Crippen LogP contribution in [0.4, 0.5) is 5.69 Å². The minimum atomic E-state index is -0.348. The van der Waals surface area contributed by atoms with Gasteiger partial charge in [-0.25, -0.2) is 4.68 Å². The van der Waals surface area contributed by atoms with Crippen LogP contribution in [0.5, 0.6) is 11.5 Å². The number of hydrogen-bond acceptors (Lipinski definition) is 6. The number of nitrogens with one attached hydrogen (secondary N) is 1. The summed E-state index contributed by atoms with van der Waals surface area (Å²) in [6.07, 6.45) is 3.43. The SMILES string of the molecule is COc1cc(NC(=O)c2nnn(Cc3ccncc3)c2C)cc(OC)c1. The lowest BCUT2D eigenvalue weighted by atomic mass is 10.2. The highest BCUT2D eigenvalue weighted by Crippen LogP contribution is 2.26. The summed E-state index contributed by atoms with van der Waals surface area (Å²) in [5.41, 5.74) is 2.52. The van der Waals surface area contributed by atoms with Crippen molar-refractivity contribution in [1.29, 1.82) is 0 Å². The molecule has 0 spiro atoms. The Kier molecular flexibility index (Phi) is 5.12. The van der Waals surface area contributed by atoms with Crippen molar-refractivity contribution in [3.05, 3.63) is 59.7 Å². The number of amides is 1. The summed E-state index contributed by atoms with van der Waals surface area (Å²) in [5, 5.41) is 10.9. The Morgan fingerprint density at radius 1 is 1.12 bits per heavy atom. The Hall–Kier alpha value is -3.42. The van der Waals surface area contributed by atoms with Crippen LogP contribution in [0.2, 0.25) is 0 Å². The minimum Gasteiger partial charge on any atom is -0.497 e. The molecule has 1 aromatic carbocycles. The zero-order valence-corrected chi connectivity index (χ0v) is 14.8. The highest BCUT2D eigenvalue weighted by atomic mass is 16.5. The number of aromatic nitrogens is 4. The number of nitrogens with zero attached hydrogens (tertiary/aromatic N) is 4. The van der Waals surface area contributed by atoms with E-state index in [0.29, 0.717) is 29.4 Å². The van der Waals surface area contributed by atoms with Crippen LogP contribution in [-0.2, 0) is 6.54 Å². The van der Waals surface area contributed by atoms with Crippen molar-refractivity contribution < 1.29 is 14.3 Å². The number of pyridine rings is 1. The molecule has 0 radical (unpaired) electrons. The van der Waals surface area contributed by atoms with Crippen molar-refractivity contribution in [3.63, 3.8) is 0 Å². The van der Waals surface area contributed by atoms with Gasteiger partial charge in [-0.1, -0.05) is 5.21 Å². The molecule has 2 heterocycles. The highest BCUT2D eigenvalue weighted by Gasteiger charge is 2.17. The van der Waals surface area contributed by atoms with Gasteiger partial charge in [-0.15, -0.1) is 5.10 Å². The second kappa shape index (κ2) is 7.64. The molecule has 0 aliphatic heterocycles. The number of anilines is 1. The summed E-state index contributed by atoms with van der Waals surface area (Å²) in [6.45, 7) is 2.32. The van der Waals surface area contributed by atoms with Crippen LogP contribution in [-0.4, -0.2) is 40.1 Å². The Morgan fingerprint density at radius 2 is 1.77 bits per heavy atom. The van der Waals surface area contributed by atoms with E-state index in [0.717, 1.165) is 5.56 Å².